The summed E-state index contributed by atoms with van der Waals surface area (Å²) < 4.78 is 0. The summed E-state index contributed by atoms with van der Waals surface area (Å²) in [7, 11) is 0. The van der Waals surface area contributed by atoms with Gasteiger partial charge in [-0.1, -0.05) is 284 Å². The summed E-state index contributed by atoms with van der Waals surface area (Å²) in [4.78, 5) is 12.5. The molecule has 380 valence electrons. The Bertz CT molecular complexity index is 1220. The molecule has 0 aromatic carbocycles. The van der Waals surface area contributed by atoms with E-state index < -0.39 is 12.1 Å². The fraction of sp³-hybridized carbons (Fsp3) is 0.726. The minimum atomic E-state index is -0.843. The molecular weight excluding hydrogens is 807 g/mol. The number of allylic oxidation sites excluding steroid dienone is 15. The number of carbonyl (C=O) groups is 1. The summed E-state index contributed by atoms with van der Waals surface area (Å²) in [5.41, 5.74) is 0. The first-order chi connectivity index (χ1) is 32.7. The fourth-order valence-corrected chi connectivity index (χ4v) is 8.28. The molecule has 0 bridgehead atoms. The number of carbonyl (C=O) groups excluding carboxylic acids is 1. The topological polar surface area (TPSA) is 69.6 Å². The molecule has 0 aliphatic carbocycles. The first kappa shape index (κ1) is 63.3. The van der Waals surface area contributed by atoms with Crippen LogP contribution in [-0.4, -0.2) is 34.9 Å². The van der Waals surface area contributed by atoms with Gasteiger partial charge in [-0.3, -0.25) is 4.79 Å². The molecule has 1 amide bonds. The maximum atomic E-state index is 12.5. The van der Waals surface area contributed by atoms with E-state index in [0.717, 1.165) is 70.6 Å². The number of rotatable bonds is 51. The maximum Gasteiger partial charge on any atom is 0.220 e. The summed E-state index contributed by atoms with van der Waals surface area (Å²) in [5.74, 6) is -0.0653. The third-order valence-electron chi connectivity index (χ3n) is 12.6. The van der Waals surface area contributed by atoms with Crippen molar-refractivity contribution in [2.24, 2.45) is 0 Å². The highest BCUT2D eigenvalue weighted by atomic mass is 16.3. The lowest BCUT2D eigenvalue weighted by Crippen LogP contribution is -2.45. The highest BCUT2D eigenvalue weighted by Gasteiger charge is 2.18. The van der Waals surface area contributed by atoms with Crippen molar-refractivity contribution in [1.82, 2.24) is 5.32 Å². The van der Waals surface area contributed by atoms with Gasteiger partial charge in [0, 0.05) is 6.42 Å². The molecule has 0 aromatic rings. The first-order valence-electron chi connectivity index (χ1n) is 28.5. The average Bonchev–Trinajstić information content (AvgIpc) is 3.32. The van der Waals surface area contributed by atoms with Crippen molar-refractivity contribution in [3.05, 3.63) is 97.2 Å². The monoisotopic (exact) mass is 916 g/mol. The number of nitrogens with one attached hydrogen (secondary N) is 1. The van der Waals surface area contributed by atoms with Gasteiger partial charge in [0.05, 0.1) is 18.8 Å². The number of amides is 1. The zero-order chi connectivity index (χ0) is 47.7. The van der Waals surface area contributed by atoms with Crippen LogP contribution < -0.4 is 5.32 Å². The van der Waals surface area contributed by atoms with Crippen LogP contribution in [0.25, 0.3) is 0 Å². The second-order valence-corrected chi connectivity index (χ2v) is 19.0. The molecule has 4 nitrogen and oxygen atoms in total. The van der Waals surface area contributed by atoms with Gasteiger partial charge in [0.2, 0.25) is 5.91 Å². The summed E-state index contributed by atoms with van der Waals surface area (Å²) in [6.45, 7) is 4.20. The minimum Gasteiger partial charge on any atom is -0.394 e. The standard InChI is InChI=1S/C62H109NO3/c1-3-5-7-9-11-13-15-17-19-21-22-23-24-25-26-27-28-29-30-31-32-33-34-35-36-37-38-39-40-42-44-46-48-50-52-54-56-58-62(66)63-60(59-64)61(65)57-55-53-51-49-47-45-43-41-20-18-16-14-12-10-8-6-4-2/h5,7,11,13,17,19,22-23,25-26,28-29,31-32,55,57,60-61,64-65H,3-4,6,8-10,12,14-16,18,20-21,24,27,30,33-54,56,58-59H2,1-2H3,(H,63,66)/b7-5-,13-11-,19-17-,23-22-,26-25-,29-28-,32-31-,57-55+. The second kappa shape index (κ2) is 56.6. The van der Waals surface area contributed by atoms with Crippen LogP contribution >= 0.6 is 0 Å². The summed E-state index contributed by atoms with van der Waals surface area (Å²) in [5, 5.41) is 23.1. The van der Waals surface area contributed by atoms with Crippen molar-refractivity contribution < 1.29 is 15.0 Å². The van der Waals surface area contributed by atoms with Crippen LogP contribution in [0.1, 0.15) is 271 Å². The third-order valence-corrected chi connectivity index (χ3v) is 12.6. The van der Waals surface area contributed by atoms with Crippen molar-refractivity contribution >= 4 is 5.91 Å². The Morgan fingerprint density at radius 2 is 0.667 bits per heavy atom. The predicted octanol–water partition coefficient (Wildman–Crippen LogP) is 18.9. The Kier molecular flexibility index (Phi) is 54.3. The van der Waals surface area contributed by atoms with Gasteiger partial charge in [-0.15, -0.1) is 0 Å². The molecule has 4 heteroatoms. The molecule has 2 unspecified atom stereocenters. The van der Waals surface area contributed by atoms with E-state index in [0.29, 0.717) is 6.42 Å². The number of hydrogen-bond acceptors (Lipinski definition) is 3. The van der Waals surface area contributed by atoms with Crippen molar-refractivity contribution in [2.75, 3.05) is 6.61 Å². The smallest absolute Gasteiger partial charge is 0.220 e. The van der Waals surface area contributed by atoms with E-state index in [9.17, 15) is 15.0 Å². The lowest BCUT2D eigenvalue weighted by molar-refractivity contribution is -0.123. The summed E-state index contributed by atoms with van der Waals surface area (Å²) in [6, 6.07) is -0.626. The Hall–Kier alpha value is -2.69. The van der Waals surface area contributed by atoms with Gasteiger partial charge in [-0.2, -0.15) is 0 Å². The van der Waals surface area contributed by atoms with Gasteiger partial charge >= 0.3 is 0 Å². The van der Waals surface area contributed by atoms with Gasteiger partial charge in [0.15, 0.2) is 0 Å². The van der Waals surface area contributed by atoms with E-state index in [1.807, 2.05) is 6.08 Å². The second-order valence-electron chi connectivity index (χ2n) is 19.0. The molecule has 66 heavy (non-hydrogen) atoms. The van der Waals surface area contributed by atoms with Crippen molar-refractivity contribution in [3.63, 3.8) is 0 Å². The first-order valence-corrected chi connectivity index (χ1v) is 28.5. The van der Waals surface area contributed by atoms with Crippen LogP contribution in [-0.2, 0) is 4.79 Å². The number of aliphatic hydroxyl groups excluding tert-OH is 2. The molecule has 0 aromatic heterocycles. The molecule has 2 atom stereocenters. The van der Waals surface area contributed by atoms with Crippen LogP contribution in [0.4, 0.5) is 0 Å². The van der Waals surface area contributed by atoms with Crippen LogP contribution in [0.3, 0.4) is 0 Å². The van der Waals surface area contributed by atoms with Crippen LogP contribution in [0.15, 0.2) is 97.2 Å². The zero-order valence-corrected chi connectivity index (χ0v) is 43.7. The van der Waals surface area contributed by atoms with Crippen LogP contribution in [0, 0.1) is 0 Å². The lowest BCUT2D eigenvalue weighted by Gasteiger charge is -2.20. The molecule has 0 heterocycles. The molecule has 3 N–H and O–H groups in total. The number of hydrogen-bond donors (Lipinski definition) is 3. The van der Waals surface area contributed by atoms with E-state index >= 15 is 0 Å². The van der Waals surface area contributed by atoms with Gasteiger partial charge < -0.3 is 15.5 Å². The van der Waals surface area contributed by atoms with Crippen molar-refractivity contribution in [3.8, 4) is 0 Å². The lowest BCUT2D eigenvalue weighted by atomic mass is 10.0. The summed E-state index contributed by atoms with van der Waals surface area (Å²) >= 11 is 0. The largest absolute Gasteiger partial charge is 0.394 e. The summed E-state index contributed by atoms with van der Waals surface area (Å²) in [6.07, 6.45) is 84.2. The fourth-order valence-electron chi connectivity index (χ4n) is 8.28. The van der Waals surface area contributed by atoms with E-state index in [4.69, 9.17) is 0 Å². The van der Waals surface area contributed by atoms with Crippen LogP contribution in [0.5, 0.6) is 0 Å². The number of unbranched alkanes of at least 4 members (excludes halogenated alkanes) is 30. The van der Waals surface area contributed by atoms with E-state index in [1.165, 1.54) is 180 Å². The molecule has 0 aliphatic rings. The van der Waals surface area contributed by atoms with Gasteiger partial charge in [0.1, 0.15) is 0 Å². The molecule has 0 radical (unpaired) electrons. The Morgan fingerprint density at radius 1 is 0.379 bits per heavy atom. The molecule has 0 saturated carbocycles. The minimum absolute atomic E-state index is 0.0653. The Balaban J connectivity index is 3.52. The van der Waals surface area contributed by atoms with Crippen LogP contribution in [0.2, 0.25) is 0 Å². The SMILES string of the molecule is CC/C=C\C/C=C\C/C=C\C/C=C\C/C=C\C/C=C\C/C=C\CCCCCCCCCCCCCCCCCC(=O)NC(CO)C(O)/C=C/CCCCCCCCCCCCCCCCC. The highest BCUT2D eigenvalue weighted by molar-refractivity contribution is 5.76. The van der Waals surface area contributed by atoms with E-state index in [-0.39, 0.29) is 12.5 Å². The number of aliphatic hydroxyl groups is 2. The van der Waals surface area contributed by atoms with Gasteiger partial charge in [-0.25, -0.2) is 0 Å². The van der Waals surface area contributed by atoms with Crippen molar-refractivity contribution in [1.29, 1.82) is 0 Å². The Morgan fingerprint density at radius 3 is 1.00 bits per heavy atom. The molecule has 0 saturated heterocycles. The Labute approximate surface area is 411 Å². The maximum absolute atomic E-state index is 12.5. The zero-order valence-electron chi connectivity index (χ0n) is 43.7. The normalized spacial score (nSPS) is 13.6. The molecule has 0 rings (SSSR count). The molecule has 0 spiro atoms. The molecule has 0 aliphatic heterocycles. The van der Waals surface area contributed by atoms with Gasteiger partial charge in [-0.05, 0) is 77.0 Å². The van der Waals surface area contributed by atoms with Crippen molar-refractivity contribution in [2.45, 2.75) is 283 Å². The van der Waals surface area contributed by atoms with E-state index in [2.05, 4.69) is 104 Å². The van der Waals surface area contributed by atoms with E-state index in [1.54, 1.807) is 6.08 Å². The third kappa shape index (κ3) is 52.3. The van der Waals surface area contributed by atoms with Gasteiger partial charge in [0.25, 0.3) is 0 Å². The molecule has 0 fully saturated rings. The average molecular weight is 917 g/mol. The quantitative estimate of drug-likeness (QED) is 0.0421. The predicted molar refractivity (Wildman–Crippen MR) is 294 cm³/mol. The highest BCUT2D eigenvalue weighted by Crippen LogP contribution is 2.16. The molecular formula is C62H109NO3.